The molecule has 0 aromatic heterocycles. The van der Waals surface area contributed by atoms with E-state index in [0.717, 1.165) is 6.42 Å². The van der Waals surface area contributed by atoms with Crippen LogP contribution in [0.5, 0.6) is 0 Å². The van der Waals surface area contributed by atoms with Crippen LogP contribution in [0.25, 0.3) is 0 Å². The molecule has 2 atom stereocenters. The molecule has 3 N–H and O–H groups in total. The van der Waals surface area contributed by atoms with Crippen LogP contribution in [0.3, 0.4) is 0 Å². The summed E-state index contributed by atoms with van der Waals surface area (Å²) in [7, 11) is 0. The summed E-state index contributed by atoms with van der Waals surface area (Å²) in [5.74, 6) is 0.401. The lowest BCUT2D eigenvalue weighted by Crippen LogP contribution is -2.49. The molecule has 0 bridgehead atoms. The van der Waals surface area contributed by atoms with E-state index in [0.29, 0.717) is 17.9 Å². The van der Waals surface area contributed by atoms with E-state index in [1.807, 2.05) is 20.8 Å². The van der Waals surface area contributed by atoms with Gasteiger partial charge in [0, 0.05) is 12.0 Å². The lowest BCUT2D eigenvalue weighted by Gasteiger charge is -2.40. The maximum atomic E-state index is 10.4. The van der Waals surface area contributed by atoms with Gasteiger partial charge in [0.15, 0.2) is 0 Å². The highest BCUT2D eigenvalue weighted by Crippen LogP contribution is 2.60. The fraction of sp³-hybridized carbons (Fsp3) is 1.00. The minimum absolute atomic E-state index is 0.189. The SMILES string of the molecule is CC1(C)CC1C(C)(O)C(C)(C)CN. The first-order valence-electron chi connectivity index (χ1n) is 5.07. The average molecular weight is 185 g/mol. The van der Waals surface area contributed by atoms with Crippen LogP contribution in [-0.4, -0.2) is 17.3 Å². The molecule has 0 aromatic carbocycles. The fourth-order valence-electron chi connectivity index (χ4n) is 2.11. The van der Waals surface area contributed by atoms with Gasteiger partial charge in [-0.3, -0.25) is 0 Å². The topological polar surface area (TPSA) is 46.2 Å². The molecule has 2 unspecified atom stereocenters. The zero-order valence-electron chi connectivity index (χ0n) is 9.52. The Balaban J connectivity index is 2.78. The van der Waals surface area contributed by atoms with E-state index in [9.17, 15) is 5.11 Å². The molecule has 0 aromatic rings. The second kappa shape index (κ2) is 2.71. The van der Waals surface area contributed by atoms with E-state index in [2.05, 4.69) is 13.8 Å². The van der Waals surface area contributed by atoms with Crippen molar-refractivity contribution in [3.63, 3.8) is 0 Å². The predicted molar refractivity (Wildman–Crippen MR) is 55.3 cm³/mol. The molecule has 0 heterocycles. The number of hydrogen-bond acceptors (Lipinski definition) is 2. The van der Waals surface area contributed by atoms with E-state index in [-0.39, 0.29) is 5.41 Å². The Hall–Kier alpha value is -0.0800. The van der Waals surface area contributed by atoms with Crippen molar-refractivity contribution in [2.75, 3.05) is 6.54 Å². The Morgan fingerprint density at radius 3 is 2.00 bits per heavy atom. The van der Waals surface area contributed by atoms with E-state index in [1.165, 1.54) is 0 Å². The van der Waals surface area contributed by atoms with Crippen LogP contribution in [0.2, 0.25) is 0 Å². The first kappa shape index (κ1) is 11.0. The summed E-state index contributed by atoms with van der Waals surface area (Å²) in [6.07, 6.45) is 1.11. The molecule has 0 aliphatic heterocycles. The maximum Gasteiger partial charge on any atom is 0.0715 e. The van der Waals surface area contributed by atoms with Crippen molar-refractivity contribution in [1.29, 1.82) is 0 Å². The minimum Gasteiger partial charge on any atom is -0.389 e. The van der Waals surface area contributed by atoms with Crippen LogP contribution in [0.4, 0.5) is 0 Å². The molecule has 1 aliphatic rings. The second-order valence-corrected chi connectivity index (χ2v) is 5.98. The number of nitrogens with two attached hydrogens (primary N) is 1. The van der Waals surface area contributed by atoms with Gasteiger partial charge in [0.1, 0.15) is 0 Å². The predicted octanol–water partition coefficient (Wildman–Crippen LogP) is 1.77. The van der Waals surface area contributed by atoms with Crippen LogP contribution in [-0.2, 0) is 0 Å². The Kier molecular flexibility index (Phi) is 2.29. The maximum absolute atomic E-state index is 10.4. The van der Waals surface area contributed by atoms with E-state index in [1.54, 1.807) is 0 Å². The van der Waals surface area contributed by atoms with Crippen molar-refractivity contribution in [3.05, 3.63) is 0 Å². The highest BCUT2D eigenvalue weighted by Gasteiger charge is 2.59. The molecule has 2 nitrogen and oxygen atoms in total. The average Bonchev–Trinajstić information content (AvgIpc) is 2.60. The summed E-state index contributed by atoms with van der Waals surface area (Å²) >= 11 is 0. The van der Waals surface area contributed by atoms with Crippen molar-refractivity contribution >= 4 is 0 Å². The van der Waals surface area contributed by atoms with Crippen LogP contribution in [0.15, 0.2) is 0 Å². The monoisotopic (exact) mass is 185 g/mol. The highest BCUT2D eigenvalue weighted by molar-refractivity contribution is 5.10. The van der Waals surface area contributed by atoms with E-state index < -0.39 is 5.60 Å². The van der Waals surface area contributed by atoms with Crippen molar-refractivity contribution in [1.82, 2.24) is 0 Å². The number of hydrogen-bond donors (Lipinski definition) is 2. The lowest BCUT2D eigenvalue weighted by atomic mass is 9.71. The largest absolute Gasteiger partial charge is 0.389 e. The van der Waals surface area contributed by atoms with Crippen molar-refractivity contribution in [2.24, 2.45) is 22.5 Å². The van der Waals surface area contributed by atoms with Crippen molar-refractivity contribution in [2.45, 2.75) is 46.6 Å². The minimum atomic E-state index is -0.634. The van der Waals surface area contributed by atoms with Crippen LogP contribution in [0.1, 0.15) is 41.0 Å². The molecule has 1 aliphatic carbocycles. The van der Waals surface area contributed by atoms with Crippen LogP contribution >= 0.6 is 0 Å². The van der Waals surface area contributed by atoms with Gasteiger partial charge in [-0.05, 0) is 24.7 Å². The van der Waals surface area contributed by atoms with Gasteiger partial charge in [-0.2, -0.15) is 0 Å². The van der Waals surface area contributed by atoms with Crippen molar-refractivity contribution < 1.29 is 5.11 Å². The van der Waals surface area contributed by atoms with Gasteiger partial charge in [0.05, 0.1) is 5.60 Å². The Labute approximate surface area is 81.5 Å². The summed E-state index contributed by atoms with van der Waals surface area (Å²) in [5.41, 5.74) is 5.17. The number of rotatable bonds is 3. The highest BCUT2D eigenvalue weighted by atomic mass is 16.3. The van der Waals surface area contributed by atoms with E-state index >= 15 is 0 Å². The summed E-state index contributed by atoms with van der Waals surface area (Å²) in [4.78, 5) is 0. The Morgan fingerprint density at radius 2 is 1.77 bits per heavy atom. The lowest BCUT2D eigenvalue weighted by molar-refractivity contribution is -0.0731. The third-order valence-electron chi connectivity index (χ3n) is 4.07. The summed E-state index contributed by atoms with van der Waals surface area (Å²) in [6.45, 7) is 11.0. The van der Waals surface area contributed by atoms with Crippen LogP contribution in [0, 0.1) is 16.7 Å². The Morgan fingerprint density at radius 1 is 1.38 bits per heavy atom. The molecule has 13 heavy (non-hydrogen) atoms. The third kappa shape index (κ3) is 1.62. The number of aliphatic hydroxyl groups is 1. The molecule has 78 valence electrons. The fourth-order valence-corrected chi connectivity index (χ4v) is 2.11. The molecule has 1 saturated carbocycles. The summed E-state index contributed by atoms with van der Waals surface area (Å²) in [5, 5.41) is 10.4. The molecule has 0 radical (unpaired) electrons. The molecule has 0 spiro atoms. The zero-order valence-corrected chi connectivity index (χ0v) is 9.52. The smallest absolute Gasteiger partial charge is 0.0715 e. The van der Waals surface area contributed by atoms with Gasteiger partial charge >= 0.3 is 0 Å². The molecule has 2 heteroatoms. The quantitative estimate of drug-likeness (QED) is 0.704. The van der Waals surface area contributed by atoms with Crippen molar-refractivity contribution in [3.8, 4) is 0 Å². The van der Waals surface area contributed by atoms with Gasteiger partial charge in [-0.1, -0.05) is 27.7 Å². The zero-order chi connectivity index (χ0) is 10.5. The molecular formula is C11H23NO. The molecule has 0 amide bonds. The van der Waals surface area contributed by atoms with Gasteiger partial charge in [0.2, 0.25) is 0 Å². The molecule has 1 rings (SSSR count). The first-order chi connectivity index (χ1) is 5.65. The van der Waals surface area contributed by atoms with Gasteiger partial charge < -0.3 is 10.8 Å². The molecular weight excluding hydrogens is 162 g/mol. The third-order valence-corrected chi connectivity index (χ3v) is 4.07. The molecule has 0 saturated heterocycles. The standard InChI is InChI=1S/C11H23NO/c1-9(2)6-8(9)11(5,13)10(3,4)7-12/h8,13H,6-7,12H2,1-5H3. The van der Waals surface area contributed by atoms with Gasteiger partial charge in [-0.25, -0.2) is 0 Å². The first-order valence-corrected chi connectivity index (χ1v) is 5.07. The Bertz CT molecular complexity index is 206. The van der Waals surface area contributed by atoms with E-state index in [4.69, 9.17) is 5.73 Å². The summed E-state index contributed by atoms with van der Waals surface area (Å²) in [6, 6.07) is 0. The van der Waals surface area contributed by atoms with Gasteiger partial charge in [-0.15, -0.1) is 0 Å². The van der Waals surface area contributed by atoms with Crippen LogP contribution < -0.4 is 5.73 Å². The molecule has 1 fully saturated rings. The summed E-state index contributed by atoms with van der Waals surface area (Å²) < 4.78 is 0. The van der Waals surface area contributed by atoms with Gasteiger partial charge in [0.25, 0.3) is 0 Å². The normalized spacial score (nSPS) is 31.2. The second-order valence-electron chi connectivity index (χ2n) is 5.98.